The van der Waals surface area contributed by atoms with Crippen LogP contribution >= 0.6 is 58.5 Å². The number of nitrogens with one attached hydrogen (secondary N) is 1. The Morgan fingerprint density at radius 1 is 1.46 bits per heavy atom. The normalized spacial score (nSPS) is 12.7. The van der Waals surface area contributed by atoms with E-state index in [-0.39, 0.29) is 24.0 Å². The first-order valence-corrected chi connectivity index (χ1v) is 8.63. The molecule has 1 unspecified atom stereocenters. The number of hydrogen-bond acceptors (Lipinski definition) is 3. The predicted molar refractivity (Wildman–Crippen MR) is 113 cm³/mol. The number of rotatable bonds is 5. The molecule has 0 aliphatic carbocycles. The molecule has 134 valence electrons. The molecule has 0 saturated carbocycles. The second kappa shape index (κ2) is 9.86. The van der Waals surface area contributed by atoms with Gasteiger partial charge < -0.3 is 19.9 Å². The van der Waals surface area contributed by atoms with Crippen LogP contribution in [0.15, 0.2) is 29.4 Å². The molecule has 0 spiro atoms. The molecule has 0 bridgehead atoms. The number of nitrogens with zero attached hydrogens (tertiary/aromatic N) is 3. The number of aliphatic hydroxyl groups excluding tert-OH is 1. The molecule has 5 nitrogen and oxygen atoms in total. The third kappa shape index (κ3) is 5.80. The lowest BCUT2D eigenvalue weighted by atomic mass is 10.3. The van der Waals surface area contributed by atoms with Crippen molar-refractivity contribution in [3.63, 3.8) is 0 Å². The minimum atomic E-state index is -0.623. The number of hydrogen-bond donors (Lipinski definition) is 2. The molecule has 0 aliphatic heterocycles. The van der Waals surface area contributed by atoms with Crippen LogP contribution in [0.3, 0.4) is 0 Å². The fourth-order valence-electron chi connectivity index (χ4n) is 2.22. The van der Waals surface area contributed by atoms with Gasteiger partial charge in [0, 0.05) is 44.5 Å². The van der Waals surface area contributed by atoms with Crippen molar-refractivity contribution >= 4 is 64.5 Å². The highest BCUT2D eigenvalue weighted by atomic mass is 127. The molecule has 0 radical (unpaired) electrons. The van der Waals surface area contributed by atoms with Crippen molar-refractivity contribution in [1.82, 2.24) is 14.8 Å². The van der Waals surface area contributed by atoms with Crippen LogP contribution in [-0.2, 0) is 13.6 Å². The van der Waals surface area contributed by atoms with Crippen molar-refractivity contribution in [2.24, 2.45) is 12.0 Å². The monoisotopic (exact) mass is 502 g/mol. The molecule has 0 aromatic carbocycles. The van der Waals surface area contributed by atoms with Gasteiger partial charge in [0.15, 0.2) is 5.96 Å². The van der Waals surface area contributed by atoms with Gasteiger partial charge in [0.2, 0.25) is 0 Å². The highest BCUT2D eigenvalue weighted by Gasteiger charge is 2.14. The first kappa shape index (κ1) is 21.6. The van der Waals surface area contributed by atoms with Crippen molar-refractivity contribution in [2.45, 2.75) is 12.6 Å². The third-order valence-corrected chi connectivity index (χ3v) is 4.96. The van der Waals surface area contributed by atoms with Crippen LogP contribution in [0.5, 0.6) is 0 Å². The highest BCUT2D eigenvalue weighted by Crippen LogP contribution is 2.26. The van der Waals surface area contributed by atoms with E-state index in [0.717, 1.165) is 10.6 Å². The van der Waals surface area contributed by atoms with Gasteiger partial charge in [-0.1, -0.05) is 23.2 Å². The van der Waals surface area contributed by atoms with Gasteiger partial charge in [-0.05, 0) is 18.2 Å². The molecule has 24 heavy (non-hydrogen) atoms. The second-order valence-electron chi connectivity index (χ2n) is 5.20. The molecule has 0 amide bonds. The van der Waals surface area contributed by atoms with Crippen LogP contribution in [0.4, 0.5) is 0 Å². The summed E-state index contributed by atoms with van der Waals surface area (Å²) < 4.78 is 2.65. The lowest BCUT2D eigenvalue weighted by Gasteiger charge is -2.23. The van der Waals surface area contributed by atoms with E-state index in [1.807, 2.05) is 41.9 Å². The highest BCUT2D eigenvalue weighted by molar-refractivity contribution is 14.0. The van der Waals surface area contributed by atoms with Gasteiger partial charge in [0.05, 0.1) is 15.9 Å². The lowest BCUT2D eigenvalue weighted by molar-refractivity contribution is 0.183. The average Bonchev–Trinajstić information content (AvgIpc) is 3.05. The quantitative estimate of drug-likeness (QED) is 0.372. The molecule has 1 atom stereocenters. The summed E-state index contributed by atoms with van der Waals surface area (Å²) >= 11 is 13.3. The van der Waals surface area contributed by atoms with Crippen LogP contribution in [-0.4, -0.2) is 41.2 Å². The summed E-state index contributed by atoms with van der Waals surface area (Å²) in [6, 6.07) is 5.54. The molecule has 0 saturated heterocycles. The van der Waals surface area contributed by atoms with E-state index < -0.39 is 6.10 Å². The van der Waals surface area contributed by atoms with E-state index in [9.17, 15) is 5.11 Å². The summed E-state index contributed by atoms with van der Waals surface area (Å²) in [5, 5.41) is 14.1. The first-order valence-electron chi connectivity index (χ1n) is 7.06. The topological polar surface area (TPSA) is 52.8 Å². The SMILES string of the molecule is CN=C(NCC(O)c1ccc(Cl)s1)N(C)Cc1cc(Cl)cn1C.I. The maximum atomic E-state index is 10.2. The van der Waals surface area contributed by atoms with E-state index in [2.05, 4.69) is 10.3 Å². The number of guanidine groups is 1. The number of thiophene rings is 1. The minimum absolute atomic E-state index is 0. The smallest absolute Gasteiger partial charge is 0.193 e. The van der Waals surface area contributed by atoms with Crippen molar-refractivity contribution in [1.29, 1.82) is 0 Å². The van der Waals surface area contributed by atoms with E-state index in [0.29, 0.717) is 28.4 Å². The van der Waals surface area contributed by atoms with Crippen LogP contribution in [0, 0.1) is 0 Å². The van der Waals surface area contributed by atoms with Gasteiger partial charge in [0.1, 0.15) is 6.10 Å². The molecule has 9 heteroatoms. The number of aryl methyl sites for hydroxylation is 1. The fourth-order valence-corrected chi connectivity index (χ4v) is 3.54. The molecule has 2 aromatic rings. The Morgan fingerprint density at radius 2 is 2.17 bits per heavy atom. The zero-order valence-corrected chi connectivity index (χ0v) is 18.3. The van der Waals surface area contributed by atoms with E-state index in [1.165, 1.54) is 11.3 Å². The number of aliphatic imine (C=N–C) groups is 1. The van der Waals surface area contributed by atoms with Crippen molar-refractivity contribution in [2.75, 3.05) is 20.6 Å². The summed E-state index contributed by atoms with van der Waals surface area (Å²) in [5.41, 5.74) is 1.08. The minimum Gasteiger partial charge on any atom is -0.386 e. The molecule has 2 rings (SSSR count). The molecule has 0 fully saturated rings. The first-order chi connectivity index (χ1) is 10.9. The van der Waals surface area contributed by atoms with E-state index in [1.54, 1.807) is 13.1 Å². The third-order valence-electron chi connectivity index (χ3n) is 3.42. The Kier molecular flexibility index (Phi) is 8.86. The zero-order valence-electron chi connectivity index (χ0n) is 13.7. The summed E-state index contributed by atoms with van der Waals surface area (Å²) in [6.45, 7) is 1.02. The van der Waals surface area contributed by atoms with Crippen molar-refractivity contribution < 1.29 is 5.11 Å². The Morgan fingerprint density at radius 3 is 2.67 bits per heavy atom. The van der Waals surface area contributed by atoms with Crippen LogP contribution in [0.25, 0.3) is 0 Å². The second-order valence-corrected chi connectivity index (χ2v) is 7.39. The van der Waals surface area contributed by atoms with Crippen molar-refractivity contribution in [3.8, 4) is 0 Å². The fraction of sp³-hybridized carbons (Fsp3) is 0.400. The standard InChI is InChI=1S/C15H20Cl2N4OS.HI/c1-18-15(19-7-12(22)13-4-5-14(17)23-13)21(3)9-11-6-10(16)8-20(11)2;/h4-6,8,12,22H,7,9H2,1-3H3,(H,18,19);1H. The zero-order chi connectivity index (χ0) is 17.0. The van der Waals surface area contributed by atoms with E-state index in [4.69, 9.17) is 23.2 Å². The number of aromatic nitrogens is 1. The Hall–Kier alpha value is -0.480. The largest absolute Gasteiger partial charge is 0.386 e. The summed E-state index contributed by atoms with van der Waals surface area (Å²) in [7, 11) is 5.60. The summed E-state index contributed by atoms with van der Waals surface area (Å²) in [6.07, 6.45) is 1.24. The number of halogens is 3. The molecule has 2 heterocycles. The van der Waals surface area contributed by atoms with Gasteiger partial charge in [-0.25, -0.2) is 0 Å². The molecule has 2 aromatic heterocycles. The summed E-state index contributed by atoms with van der Waals surface area (Å²) in [4.78, 5) is 7.05. The van der Waals surface area contributed by atoms with Crippen LogP contribution in [0.2, 0.25) is 9.36 Å². The molecular weight excluding hydrogens is 482 g/mol. The molecule has 0 aliphatic rings. The van der Waals surface area contributed by atoms with Gasteiger partial charge >= 0.3 is 0 Å². The Balaban J connectivity index is 0.00000288. The van der Waals surface area contributed by atoms with Gasteiger partial charge in [-0.15, -0.1) is 35.3 Å². The Bertz CT molecular complexity index is 689. The maximum absolute atomic E-state index is 10.2. The Labute approximate surface area is 173 Å². The molecular formula is C15H21Cl2IN4OS. The lowest BCUT2D eigenvalue weighted by Crippen LogP contribution is -2.40. The maximum Gasteiger partial charge on any atom is 0.193 e. The predicted octanol–water partition coefficient (Wildman–Crippen LogP) is 3.75. The van der Waals surface area contributed by atoms with Crippen LogP contribution < -0.4 is 5.32 Å². The van der Waals surface area contributed by atoms with Gasteiger partial charge in [-0.3, -0.25) is 4.99 Å². The average molecular weight is 503 g/mol. The van der Waals surface area contributed by atoms with Crippen LogP contribution in [0.1, 0.15) is 16.7 Å². The van der Waals surface area contributed by atoms with Gasteiger partial charge in [0.25, 0.3) is 0 Å². The van der Waals surface area contributed by atoms with Gasteiger partial charge in [-0.2, -0.15) is 0 Å². The summed E-state index contributed by atoms with van der Waals surface area (Å²) in [5.74, 6) is 0.698. The van der Waals surface area contributed by atoms with E-state index >= 15 is 0 Å². The number of aliphatic hydroxyl groups is 1. The van der Waals surface area contributed by atoms with Crippen molar-refractivity contribution in [3.05, 3.63) is 44.3 Å². The molecule has 2 N–H and O–H groups in total.